The quantitative estimate of drug-likeness (QED) is 0.254. The van der Waals surface area contributed by atoms with Crippen LogP contribution in [0.15, 0.2) is 54.6 Å². The van der Waals surface area contributed by atoms with Gasteiger partial charge in [-0.05, 0) is 80.4 Å². The Balaban J connectivity index is 2.05. The van der Waals surface area contributed by atoms with Gasteiger partial charge in [-0.25, -0.2) is 0 Å². The van der Waals surface area contributed by atoms with E-state index in [4.69, 9.17) is 21.7 Å². The molecular weight excluding hydrogens is 436 g/mol. The van der Waals surface area contributed by atoms with Gasteiger partial charge in [-0.15, -0.1) is 6.58 Å². The molecule has 2 amide bonds. The molecule has 0 aromatic heterocycles. The number of nitrogens with zero attached hydrogens (tertiary/aromatic N) is 1. The Bertz CT molecular complexity index is 1110. The summed E-state index contributed by atoms with van der Waals surface area (Å²) in [4.78, 5) is 27.4. The molecule has 0 spiro atoms. The van der Waals surface area contributed by atoms with Gasteiger partial charge in [0.2, 0.25) is 0 Å². The molecule has 3 rings (SSSR count). The summed E-state index contributed by atoms with van der Waals surface area (Å²) in [5, 5.41) is 2.68. The van der Waals surface area contributed by atoms with E-state index in [1.54, 1.807) is 18.2 Å². The number of rotatable bonds is 9. The SMILES string of the molecule is C=CCc1cc(/C=C2\C(=O)NC(=S)N(c3ccc(CC)cc3)C2=O)cc(OCC)c1OCC. The van der Waals surface area contributed by atoms with Gasteiger partial charge in [0.1, 0.15) is 5.57 Å². The lowest BCUT2D eigenvalue weighted by atomic mass is 10.0. The van der Waals surface area contributed by atoms with Crippen molar-refractivity contribution in [3.8, 4) is 11.5 Å². The lowest BCUT2D eigenvalue weighted by Gasteiger charge is -2.29. The maximum Gasteiger partial charge on any atom is 0.270 e. The average Bonchev–Trinajstić information content (AvgIpc) is 2.79. The Labute approximate surface area is 199 Å². The molecule has 1 aliphatic heterocycles. The van der Waals surface area contributed by atoms with Gasteiger partial charge in [0.25, 0.3) is 11.8 Å². The lowest BCUT2D eigenvalue weighted by molar-refractivity contribution is -0.122. The zero-order chi connectivity index (χ0) is 24.0. The molecule has 2 aromatic carbocycles. The molecule has 6 nitrogen and oxygen atoms in total. The maximum absolute atomic E-state index is 13.3. The standard InChI is InChI=1S/C26H28N2O4S/c1-5-9-19-14-18(16-22(31-7-3)23(19)32-8-4)15-21-24(29)27-26(33)28(25(21)30)20-12-10-17(6-2)11-13-20/h5,10-16H,1,6-9H2,2-4H3,(H,27,29,33)/b21-15+. The first-order chi connectivity index (χ1) is 15.9. The Morgan fingerprint density at radius 1 is 1.06 bits per heavy atom. The maximum atomic E-state index is 13.3. The second-order valence-electron chi connectivity index (χ2n) is 7.34. The molecule has 0 saturated carbocycles. The van der Waals surface area contributed by atoms with Gasteiger partial charge in [-0.3, -0.25) is 19.8 Å². The zero-order valence-electron chi connectivity index (χ0n) is 19.1. The fourth-order valence-corrected chi connectivity index (χ4v) is 3.87. The van der Waals surface area contributed by atoms with Gasteiger partial charge in [-0.1, -0.05) is 25.1 Å². The van der Waals surface area contributed by atoms with E-state index in [9.17, 15) is 9.59 Å². The van der Waals surface area contributed by atoms with E-state index < -0.39 is 11.8 Å². The van der Waals surface area contributed by atoms with Crippen LogP contribution in [0.1, 0.15) is 37.5 Å². The molecule has 0 unspecified atom stereocenters. The first kappa shape index (κ1) is 24.2. The van der Waals surface area contributed by atoms with Crippen molar-refractivity contribution < 1.29 is 19.1 Å². The highest BCUT2D eigenvalue weighted by Crippen LogP contribution is 2.35. The molecule has 33 heavy (non-hydrogen) atoms. The fourth-order valence-electron chi connectivity index (χ4n) is 3.58. The van der Waals surface area contributed by atoms with Crippen molar-refractivity contribution >= 4 is 40.9 Å². The molecule has 7 heteroatoms. The van der Waals surface area contributed by atoms with Crippen LogP contribution in [0, 0.1) is 0 Å². The number of carbonyl (C=O) groups excluding carboxylic acids is 2. The number of aryl methyl sites for hydroxylation is 1. The first-order valence-electron chi connectivity index (χ1n) is 11.0. The molecule has 1 aliphatic rings. The number of nitrogens with one attached hydrogen (secondary N) is 1. The smallest absolute Gasteiger partial charge is 0.270 e. The highest BCUT2D eigenvalue weighted by Gasteiger charge is 2.34. The monoisotopic (exact) mass is 464 g/mol. The number of carbonyl (C=O) groups is 2. The summed E-state index contributed by atoms with van der Waals surface area (Å²) in [5.74, 6) is 0.171. The van der Waals surface area contributed by atoms with E-state index in [-0.39, 0.29) is 10.7 Å². The van der Waals surface area contributed by atoms with E-state index in [2.05, 4.69) is 18.8 Å². The summed E-state index contributed by atoms with van der Waals surface area (Å²) < 4.78 is 11.6. The van der Waals surface area contributed by atoms with Crippen LogP contribution in [0.3, 0.4) is 0 Å². The van der Waals surface area contributed by atoms with E-state index in [0.717, 1.165) is 17.5 Å². The van der Waals surface area contributed by atoms with Crippen LogP contribution < -0.4 is 19.7 Å². The number of benzene rings is 2. The highest BCUT2D eigenvalue weighted by atomic mass is 32.1. The Kier molecular flexibility index (Phi) is 8.01. The van der Waals surface area contributed by atoms with Crippen LogP contribution >= 0.6 is 12.2 Å². The lowest BCUT2D eigenvalue weighted by Crippen LogP contribution is -2.54. The number of thiocarbonyl (C=S) groups is 1. The van der Waals surface area contributed by atoms with Gasteiger partial charge in [0.05, 0.1) is 18.9 Å². The predicted octanol–water partition coefficient (Wildman–Crippen LogP) is 4.61. The van der Waals surface area contributed by atoms with Crippen LogP contribution in [0.25, 0.3) is 6.08 Å². The second-order valence-corrected chi connectivity index (χ2v) is 7.73. The topological polar surface area (TPSA) is 67.9 Å². The van der Waals surface area contributed by atoms with Gasteiger partial charge in [0, 0.05) is 5.56 Å². The summed E-state index contributed by atoms with van der Waals surface area (Å²) in [6.45, 7) is 10.6. The third-order valence-corrected chi connectivity index (χ3v) is 5.41. The third-order valence-electron chi connectivity index (χ3n) is 5.12. The minimum atomic E-state index is -0.538. The van der Waals surface area contributed by atoms with Crippen molar-refractivity contribution in [1.29, 1.82) is 0 Å². The summed E-state index contributed by atoms with van der Waals surface area (Å²) in [6.07, 6.45) is 4.75. The van der Waals surface area contributed by atoms with E-state index >= 15 is 0 Å². The molecule has 0 aliphatic carbocycles. The molecule has 2 aromatic rings. The molecule has 0 radical (unpaired) electrons. The van der Waals surface area contributed by atoms with Crippen LogP contribution in [0.2, 0.25) is 0 Å². The second kappa shape index (κ2) is 10.9. The number of hydrogen-bond donors (Lipinski definition) is 1. The average molecular weight is 465 g/mol. The van der Waals surface area contributed by atoms with Gasteiger partial charge in [-0.2, -0.15) is 0 Å². The number of hydrogen-bond acceptors (Lipinski definition) is 5. The van der Waals surface area contributed by atoms with E-state index in [0.29, 0.717) is 42.4 Å². The minimum Gasteiger partial charge on any atom is -0.490 e. The van der Waals surface area contributed by atoms with Crippen molar-refractivity contribution in [2.75, 3.05) is 18.1 Å². The fraction of sp³-hybridized carbons (Fsp3) is 0.269. The number of allylic oxidation sites excluding steroid dienone is 1. The summed E-state index contributed by atoms with van der Waals surface area (Å²) in [5.41, 5.74) is 3.23. The normalized spacial score (nSPS) is 14.9. The molecule has 1 N–H and O–H groups in total. The van der Waals surface area contributed by atoms with Crippen molar-refractivity contribution in [3.05, 3.63) is 71.3 Å². The summed E-state index contributed by atoms with van der Waals surface area (Å²) in [7, 11) is 0. The molecule has 0 atom stereocenters. The molecule has 1 heterocycles. The van der Waals surface area contributed by atoms with Crippen LogP contribution in [0.5, 0.6) is 11.5 Å². The van der Waals surface area contributed by atoms with Crippen LogP contribution in [-0.2, 0) is 22.4 Å². The summed E-state index contributed by atoms with van der Waals surface area (Å²) >= 11 is 5.30. The predicted molar refractivity (Wildman–Crippen MR) is 135 cm³/mol. The minimum absolute atomic E-state index is 0.0145. The van der Waals surface area contributed by atoms with Gasteiger partial charge in [0.15, 0.2) is 16.6 Å². The van der Waals surface area contributed by atoms with Crippen LogP contribution in [0.4, 0.5) is 5.69 Å². The summed E-state index contributed by atoms with van der Waals surface area (Å²) in [6, 6.07) is 11.2. The number of anilines is 1. The van der Waals surface area contributed by atoms with E-state index in [1.807, 2.05) is 44.2 Å². The molecular formula is C26H28N2O4S. The molecule has 172 valence electrons. The largest absolute Gasteiger partial charge is 0.490 e. The number of amides is 2. The molecule has 0 bridgehead atoms. The zero-order valence-corrected chi connectivity index (χ0v) is 20.0. The van der Waals surface area contributed by atoms with Crippen molar-refractivity contribution in [2.24, 2.45) is 0 Å². The molecule has 1 saturated heterocycles. The first-order valence-corrected chi connectivity index (χ1v) is 11.4. The molecule has 1 fully saturated rings. The third kappa shape index (κ3) is 5.31. The van der Waals surface area contributed by atoms with Gasteiger partial charge < -0.3 is 9.47 Å². The Hall–Kier alpha value is -3.45. The van der Waals surface area contributed by atoms with Crippen molar-refractivity contribution in [3.63, 3.8) is 0 Å². The Morgan fingerprint density at radius 3 is 2.36 bits per heavy atom. The highest BCUT2D eigenvalue weighted by molar-refractivity contribution is 7.80. The van der Waals surface area contributed by atoms with Gasteiger partial charge >= 0.3 is 0 Å². The van der Waals surface area contributed by atoms with Crippen molar-refractivity contribution in [1.82, 2.24) is 5.32 Å². The Morgan fingerprint density at radius 2 is 1.76 bits per heavy atom. The number of ether oxygens (including phenoxy) is 2. The van der Waals surface area contributed by atoms with Crippen molar-refractivity contribution in [2.45, 2.75) is 33.6 Å². The van der Waals surface area contributed by atoms with E-state index in [1.165, 1.54) is 4.90 Å². The van der Waals surface area contributed by atoms with Crippen LogP contribution in [-0.4, -0.2) is 30.1 Å².